The van der Waals surface area contributed by atoms with E-state index in [1.165, 1.54) is 31.7 Å². The molecule has 0 aliphatic carbocycles. The lowest BCUT2D eigenvalue weighted by molar-refractivity contribution is 0.265. The van der Waals surface area contributed by atoms with Gasteiger partial charge in [-0.1, -0.05) is 28.9 Å². The third-order valence-corrected chi connectivity index (χ3v) is 7.92. The van der Waals surface area contributed by atoms with E-state index in [-0.39, 0.29) is 22.4 Å². The molecule has 0 amide bonds. The van der Waals surface area contributed by atoms with E-state index >= 15 is 0 Å². The Morgan fingerprint density at radius 1 is 1.09 bits per heavy atom. The second-order valence-electron chi connectivity index (χ2n) is 7.50. The Morgan fingerprint density at radius 2 is 1.79 bits per heavy atom. The molecule has 0 bridgehead atoms. The molecule has 1 fully saturated rings. The summed E-state index contributed by atoms with van der Waals surface area (Å²) in [5, 5.41) is 4.30. The number of benzene rings is 2. The molecule has 0 N–H and O–H groups in total. The smallest absolute Gasteiger partial charge is 0.244 e. The van der Waals surface area contributed by atoms with Crippen molar-refractivity contribution in [1.82, 2.24) is 14.4 Å². The summed E-state index contributed by atoms with van der Waals surface area (Å²) >= 11 is 6.15. The Hall–Kier alpha value is -2.82. The number of methoxy groups -OCH3 is 3. The molecule has 33 heavy (non-hydrogen) atoms. The molecule has 11 heteroatoms. The summed E-state index contributed by atoms with van der Waals surface area (Å²) in [6.07, 6.45) is 1.39. The molecule has 176 valence electrons. The number of aromatic nitrogens is 2. The van der Waals surface area contributed by atoms with Crippen LogP contribution in [0.5, 0.6) is 17.2 Å². The molecule has 1 saturated heterocycles. The molecular weight excluding hydrogens is 470 g/mol. The first-order valence-corrected chi connectivity index (χ1v) is 12.1. The van der Waals surface area contributed by atoms with Crippen LogP contribution >= 0.6 is 11.6 Å². The van der Waals surface area contributed by atoms with Crippen molar-refractivity contribution in [3.8, 4) is 28.6 Å². The molecule has 4 rings (SSSR count). The van der Waals surface area contributed by atoms with E-state index in [0.29, 0.717) is 47.5 Å². The predicted molar refractivity (Wildman–Crippen MR) is 122 cm³/mol. The number of rotatable bonds is 7. The molecular formula is C22H24ClN3O6S. The summed E-state index contributed by atoms with van der Waals surface area (Å²) in [5.74, 6) is 1.87. The molecule has 0 spiro atoms. The van der Waals surface area contributed by atoms with E-state index in [0.717, 1.165) is 6.42 Å². The molecule has 1 aliphatic rings. The first kappa shape index (κ1) is 23.3. The van der Waals surface area contributed by atoms with Gasteiger partial charge in [-0.25, -0.2) is 8.42 Å². The average molecular weight is 494 g/mol. The van der Waals surface area contributed by atoms with Crippen LogP contribution in [0.3, 0.4) is 0 Å². The summed E-state index contributed by atoms with van der Waals surface area (Å²) in [6, 6.07) is 9.88. The van der Waals surface area contributed by atoms with Gasteiger partial charge < -0.3 is 18.7 Å². The largest absolute Gasteiger partial charge is 0.493 e. The van der Waals surface area contributed by atoms with Gasteiger partial charge in [0.1, 0.15) is 4.90 Å². The molecule has 0 radical (unpaired) electrons. The average Bonchev–Trinajstić information content (AvgIpc) is 3.33. The fraction of sp³-hybridized carbons (Fsp3) is 0.364. The Kier molecular flexibility index (Phi) is 6.78. The quantitative estimate of drug-likeness (QED) is 0.486. The minimum atomic E-state index is -3.74. The van der Waals surface area contributed by atoms with E-state index < -0.39 is 10.0 Å². The Bertz CT molecular complexity index is 1220. The van der Waals surface area contributed by atoms with Gasteiger partial charge in [-0.05, 0) is 37.1 Å². The van der Waals surface area contributed by atoms with Crippen LogP contribution in [-0.2, 0) is 10.0 Å². The van der Waals surface area contributed by atoms with Crippen molar-refractivity contribution >= 4 is 21.6 Å². The summed E-state index contributed by atoms with van der Waals surface area (Å²) in [7, 11) is 0.839. The van der Waals surface area contributed by atoms with Gasteiger partial charge in [-0.3, -0.25) is 0 Å². The Morgan fingerprint density at radius 3 is 2.42 bits per heavy atom. The maximum absolute atomic E-state index is 13.1. The SMILES string of the molecule is COc1cc(-c2noc([C@@H]3CCCN(S(=O)(=O)c4ccccc4Cl)C3)n2)cc(OC)c1OC. The summed E-state index contributed by atoms with van der Waals surface area (Å²) in [4.78, 5) is 4.63. The Balaban J connectivity index is 1.60. The molecule has 1 aromatic heterocycles. The number of hydrogen-bond donors (Lipinski definition) is 0. The van der Waals surface area contributed by atoms with Crippen molar-refractivity contribution in [1.29, 1.82) is 0 Å². The van der Waals surface area contributed by atoms with E-state index in [2.05, 4.69) is 10.1 Å². The second kappa shape index (κ2) is 9.58. The number of ether oxygens (including phenoxy) is 3. The topological polar surface area (TPSA) is 104 Å². The van der Waals surface area contributed by atoms with Crippen LogP contribution < -0.4 is 14.2 Å². The fourth-order valence-electron chi connectivity index (χ4n) is 3.88. The highest BCUT2D eigenvalue weighted by Gasteiger charge is 2.34. The first-order valence-electron chi connectivity index (χ1n) is 10.3. The molecule has 1 aliphatic heterocycles. The standard InChI is InChI=1S/C22H24ClN3O6S/c1-29-17-11-15(12-18(30-2)20(17)31-3)21-24-22(32-25-21)14-7-6-10-26(13-14)33(27,28)19-9-5-4-8-16(19)23/h4-5,8-9,11-12,14H,6-7,10,13H2,1-3H3/t14-/m1/s1. The number of halogens is 1. The summed E-state index contributed by atoms with van der Waals surface area (Å²) in [6.45, 7) is 0.627. The van der Waals surface area contributed by atoms with Crippen molar-refractivity contribution in [3.63, 3.8) is 0 Å². The fourth-order valence-corrected chi connectivity index (χ4v) is 5.90. The Labute approximate surface area is 197 Å². The number of piperidine rings is 1. The highest BCUT2D eigenvalue weighted by molar-refractivity contribution is 7.89. The lowest BCUT2D eigenvalue weighted by Gasteiger charge is -2.30. The number of hydrogen-bond acceptors (Lipinski definition) is 8. The normalized spacial score (nSPS) is 17.0. The zero-order chi connectivity index (χ0) is 23.6. The monoisotopic (exact) mass is 493 g/mol. The van der Waals surface area contributed by atoms with E-state index in [1.54, 1.807) is 30.3 Å². The highest BCUT2D eigenvalue weighted by Crippen LogP contribution is 2.41. The highest BCUT2D eigenvalue weighted by atomic mass is 35.5. The zero-order valence-corrected chi connectivity index (χ0v) is 20.0. The minimum absolute atomic E-state index is 0.0935. The van der Waals surface area contributed by atoms with E-state index in [9.17, 15) is 8.42 Å². The third kappa shape index (κ3) is 4.50. The minimum Gasteiger partial charge on any atom is -0.493 e. The summed E-state index contributed by atoms with van der Waals surface area (Å²) in [5.41, 5.74) is 0.621. The third-order valence-electron chi connectivity index (χ3n) is 5.55. The van der Waals surface area contributed by atoms with Crippen molar-refractivity contribution in [2.75, 3.05) is 34.4 Å². The predicted octanol–water partition coefficient (Wildman–Crippen LogP) is 3.98. The van der Waals surface area contributed by atoms with Crippen LogP contribution in [0.25, 0.3) is 11.4 Å². The van der Waals surface area contributed by atoms with Crippen molar-refractivity contribution in [3.05, 3.63) is 47.3 Å². The van der Waals surface area contributed by atoms with E-state index in [4.69, 9.17) is 30.3 Å². The molecule has 0 saturated carbocycles. The summed E-state index contributed by atoms with van der Waals surface area (Å²) < 4.78 is 49.4. The second-order valence-corrected chi connectivity index (χ2v) is 9.82. The van der Waals surface area contributed by atoms with Gasteiger partial charge in [0.15, 0.2) is 11.5 Å². The molecule has 9 nitrogen and oxygen atoms in total. The van der Waals surface area contributed by atoms with Crippen LogP contribution in [0.4, 0.5) is 0 Å². The maximum Gasteiger partial charge on any atom is 0.244 e. The van der Waals surface area contributed by atoms with Crippen molar-refractivity contribution < 1.29 is 27.2 Å². The van der Waals surface area contributed by atoms with Gasteiger partial charge in [0.25, 0.3) is 0 Å². The lowest BCUT2D eigenvalue weighted by Crippen LogP contribution is -2.39. The van der Waals surface area contributed by atoms with Crippen LogP contribution in [0.15, 0.2) is 45.8 Å². The molecule has 2 heterocycles. The van der Waals surface area contributed by atoms with Crippen LogP contribution in [0, 0.1) is 0 Å². The van der Waals surface area contributed by atoms with Gasteiger partial charge in [-0.2, -0.15) is 9.29 Å². The molecule has 0 unspecified atom stereocenters. The van der Waals surface area contributed by atoms with Crippen LogP contribution in [-0.4, -0.2) is 57.3 Å². The number of nitrogens with zero attached hydrogens (tertiary/aromatic N) is 3. The van der Waals surface area contributed by atoms with Crippen LogP contribution in [0.2, 0.25) is 5.02 Å². The number of sulfonamides is 1. The van der Waals surface area contributed by atoms with Crippen LogP contribution in [0.1, 0.15) is 24.7 Å². The zero-order valence-electron chi connectivity index (χ0n) is 18.4. The van der Waals surface area contributed by atoms with Gasteiger partial charge in [0.2, 0.25) is 27.5 Å². The van der Waals surface area contributed by atoms with Gasteiger partial charge in [0, 0.05) is 18.7 Å². The van der Waals surface area contributed by atoms with Gasteiger partial charge in [-0.15, -0.1) is 0 Å². The van der Waals surface area contributed by atoms with Gasteiger partial charge >= 0.3 is 0 Å². The van der Waals surface area contributed by atoms with E-state index in [1.807, 2.05) is 0 Å². The lowest BCUT2D eigenvalue weighted by atomic mass is 10.00. The molecule has 3 aromatic rings. The van der Waals surface area contributed by atoms with Crippen molar-refractivity contribution in [2.24, 2.45) is 0 Å². The first-order chi connectivity index (χ1) is 15.9. The molecule has 1 atom stereocenters. The maximum atomic E-state index is 13.1. The van der Waals surface area contributed by atoms with Gasteiger partial charge in [0.05, 0.1) is 32.3 Å². The molecule has 2 aromatic carbocycles. The van der Waals surface area contributed by atoms with Crippen molar-refractivity contribution in [2.45, 2.75) is 23.7 Å².